The number of sulfonamides is 1. The zero-order chi connectivity index (χ0) is 21.0. The molecule has 3 heterocycles. The molecule has 1 fully saturated rings. The molecule has 0 aliphatic carbocycles. The van der Waals surface area contributed by atoms with Gasteiger partial charge < -0.3 is 10.2 Å². The van der Waals surface area contributed by atoms with Gasteiger partial charge in [-0.15, -0.1) is 15.3 Å². The molecule has 1 aromatic carbocycles. The van der Waals surface area contributed by atoms with Crippen LogP contribution in [0.25, 0.3) is 11.4 Å². The maximum Gasteiger partial charge on any atom is 0.240 e. The van der Waals surface area contributed by atoms with Crippen molar-refractivity contribution >= 4 is 21.5 Å². The summed E-state index contributed by atoms with van der Waals surface area (Å²) in [5.41, 5.74) is 0.935. The molecule has 158 valence electrons. The number of aromatic amines is 1. The third-order valence-corrected chi connectivity index (χ3v) is 6.13. The van der Waals surface area contributed by atoms with E-state index < -0.39 is 15.8 Å². The van der Waals surface area contributed by atoms with Crippen LogP contribution in [0.3, 0.4) is 0 Å². The van der Waals surface area contributed by atoms with Crippen LogP contribution in [-0.2, 0) is 10.0 Å². The van der Waals surface area contributed by atoms with Crippen LogP contribution in [0.4, 0.5) is 15.9 Å². The molecule has 0 bridgehead atoms. The lowest BCUT2D eigenvalue weighted by atomic mass is 10.2. The lowest BCUT2D eigenvalue weighted by molar-refractivity contribution is 0.582. The van der Waals surface area contributed by atoms with Crippen molar-refractivity contribution in [2.75, 3.05) is 36.4 Å². The highest BCUT2D eigenvalue weighted by Gasteiger charge is 2.18. The first kappa shape index (κ1) is 20.1. The first-order valence-corrected chi connectivity index (χ1v) is 10.9. The fourth-order valence-corrected chi connectivity index (χ4v) is 4.23. The maximum absolute atomic E-state index is 14.0. The molecule has 0 unspecified atom stereocenters. The molecule has 0 saturated carbocycles. The molecule has 2 aromatic heterocycles. The van der Waals surface area contributed by atoms with Crippen LogP contribution in [0, 0.1) is 5.82 Å². The van der Waals surface area contributed by atoms with Gasteiger partial charge in [0.2, 0.25) is 15.8 Å². The Morgan fingerprint density at radius 1 is 1.13 bits per heavy atom. The molecule has 3 N–H and O–H groups in total. The number of halogens is 1. The van der Waals surface area contributed by atoms with Crippen molar-refractivity contribution in [1.29, 1.82) is 0 Å². The Bertz CT molecular complexity index is 1100. The van der Waals surface area contributed by atoms with Crippen molar-refractivity contribution in [3.8, 4) is 11.4 Å². The molecular weight excluding hydrogens is 413 g/mol. The summed E-state index contributed by atoms with van der Waals surface area (Å²) in [6.07, 6.45) is 4.03. The zero-order valence-corrected chi connectivity index (χ0v) is 16.7. The quantitative estimate of drug-likeness (QED) is 0.439. The summed E-state index contributed by atoms with van der Waals surface area (Å²) in [5.74, 6) is -0.101. The molecule has 0 spiro atoms. The van der Waals surface area contributed by atoms with E-state index in [1.807, 2.05) is 6.07 Å². The van der Waals surface area contributed by atoms with Crippen LogP contribution in [0.15, 0.2) is 35.4 Å². The van der Waals surface area contributed by atoms with Gasteiger partial charge in [-0.3, -0.25) is 0 Å². The number of nitrogens with one attached hydrogen (secondary N) is 3. The summed E-state index contributed by atoms with van der Waals surface area (Å²) in [6.45, 7) is 2.39. The average molecular weight is 433 g/mol. The smallest absolute Gasteiger partial charge is 0.240 e. The number of hydrogen-bond acceptors (Lipinski definition) is 9. The molecular formula is C17H20FN9O2S. The largest absolute Gasteiger partial charge is 0.370 e. The summed E-state index contributed by atoms with van der Waals surface area (Å²) in [5, 5.41) is 24.0. The second kappa shape index (κ2) is 8.67. The van der Waals surface area contributed by atoms with E-state index in [-0.39, 0.29) is 22.8 Å². The number of benzene rings is 1. The monoisotopic (exact) mass is 433 g/mol. The second-order valence-electron chi connectivity index (χ2n) is 6.69. The van der Waals surface area contributed by atoms with Crippen LogP contribution >= 0.6 is 0 Å². The lowest BCUT2D eigenvalue weighted by Gasteiger charge is -2.17. The van der Waals surface area contributed by atoms with Gasteiger partial charge in [0, 0.05) is 32.2 Å². The number of nitrogens with zero attached hydrogens (tertiary/aromatic N) is 6. The third-order valence-electron chi connectivity index (χ3n) is 4.67. The minimum Gasteiger partial charge on any atom is -0.370 e. The Balaban J connectivity index is 1.36. The van der Waals surface area contributed by atoms with Gasteiger partial charge in [0.25, 0.3) is 0 Å². The fourth-order valence-electron chi connectivity index (χ4n) is 3.17. The van der Waals surface area contributed by atoms with Crippen LogP contribution in [0.2, 0.25) is 0 Å². The van der Waals surface area contributed by atoms with Crippen LogP contribution < -0.4 is 14.9 Å². The van der Waals surface area contributed by atoms with Gasteiger partial charge in [-0.1, -0.05) is 0 Å². The van der Waals surface area contributed by atoms with Gasteiger partial charge in [0.15, 0.2) is 5.82 Å². The number of rotatable bonds is 8. The second-order valence-corrected chi connectivity index (χ2v) is 8.46. The van der Waals surface area contributed by atoms with Crippen molar-refractivity contribution in [2.24, 2.45) is 0 Å². The Morgan fingerprint density at radius 2 is 1.97 bits per heavy atom. The number of tetrazole rings is 1. The van der Waals surface area contributed by atoms with Gasteiger partial charge in [0.05, 0.1) is 22.3 Å². The number of hydrogen-bond donors (Lipinski definition) is 3. The first-order chi connectivity index (χ1) is 14.5. The van der Waals surface area contributed by atoms with Crippen LogP contribution in [0.5, 0.6) is 0 Å². The van der Waals surface area contributed by atoms with E-state index >= 15 is 0 Å². The zero-order valence-electron chi connectivity index (χ0n) is 15.9. The molecule has 4 rings (SSSR count). The van der Waals surface area contributed by atoms with Gasteiger partial charge in [0.1, 0.15) is 5.82 Å². The molecule has 1 aliphatic rings. The van der Waals surface area contributed by atoms with Gasteiger partial charge in [-0.25, -0.2) is 17.5 Å². The van der Waals surface area contributed by atoms with E-state index in [4.69, 9.17) is 0 Å². The Hall–Kier alpha value is -3.19. The Kier molecular flexibility index (Phi) is 5.81. The summed E-state index contributed by atoms with van der Waals surface area (Å²) in [6, 6.07) is 5.29. The highest BCUT2D eigenvalue weighted by Crippen LogP contribution is 2.22. The van der Waals surface area contributed by atoms with Crippen LogP contribution in [-0.4, -0.2) is 65.4 Å². The van der Waals surface area contributed by atoms with Gasteiger partial charge in [-0.2, -0.15) is 10.3 Å². The van der Waals surface area contributed by atoms with Crippen molar-refractivity contribution in [3.63, 3.8) is 0 Å². The molecule has 1 aliphatic heterocycles. The van der Waals surface area contributed by atoms with E-state index in [2.05, 4.69) is 45.8 Å². The molecule has 11 nitrogen and oxygen atoms in total. The molecule has 13 heteroatoms. The lowest BCUT2D eigenvalue weighted by Crippen LogP contribution is -2.29. The van der Waals surface area contributed by atoms with Crippen molar-refractivity contribution in [2.45, 2.75) is 17.7 Å². The molecule has 3 aromatic rings. The van der Waals surface area contributed by atoms with E-state index in [1.54, 1.807) is 6.20 Å². The van der Waals surface area contributed by atoms with Crippen LogP contribution in [0.1, 0.15) is 12.8 Å². The predicted octanol–water partition coefficient (Wildman–Crippen LogP) is 0.786. The average Bonchev–Trinajstić information content (AvgIpc) is 3.46. The SMILES string of the molecule is O=S(=O)(NCCNc1cc(N2CCCC2)cnn1)c1ccc(F)c(-c2nn[nH]n2)c1. The summed E-state index contributed by atoms with van der Waals surface area (Å²) in [4.78, 5) is 2.14. The highest BCUT2D eigenvalue weighted by atomic mass is 32.2. The van der Waals surface area contributed by atoms with Crippen molar-refractivity contribution < 1.29 is 12.8 Å². The molecule has 1 saturated heterocycles. The topological polar surface area (TPSA) is 142 Å². The third kappa shape index (κ3) is 4.52. The minimum absolute atomic E-state index is 0.0253. The van der Waals surface area contributed by atoms with Gasteiger partial charge in [-0.05, 0) is 36.3 Å². The van der Waals surface area contributed by atoms with E-state index in [1.165, 1.54) is 12.1 Å². The van der Waals surface area contributed by atoms with E-state index in [0.29, 0.717) is 12.4 Å². The standard InChI is InChI=1S/C17H20FN9O2S/c18-15-4-3-13(10-14(15)17-23-25-26-24-17)30(28,29)21-6-5-19-16-9-12(11-20-22-16)27-7-1-2-8-27/h3-4,9-11,21H,1-2,5-8H2,(H,19,22)(H,23,24,25,26). The highest BCUT2D eigenvalue weighted by molar-refractivity contribution is 7.89. The maximum atomic E-state index is 14.0. The molecule has 30 heavy (non-hydrogen) atoms. The first-order valence-electron chi connectivity index (χ1n) is 9.37. The molecule has 0 amide bonds. The van der Waals surface area contributed by atoms with Crippen molar-refractivity contribution in [1.82, 2.24) is 35.5 Å². The van der Waals surface area contributed by atoms with Gasteiger partial charge >= 0.3 is 0 Å². The van der Waals surface area contributed by atoms with Crippen molar-refractivity contribution in [3.05, 3.63) is 36.3 Å². The number of H-pyrrole nitrogens is 1. The summed E-state index contributed by atoms with van der Waals surface area (Å²) >= 11 is 0. The summed E-state index contributed by atoms with van der Waals surface area (Å²) in [7, 11) is -3.85. The molecule has 0 radical (unpaired) electrons. The van der Waals surface area contributed by atoms with E-state index in [9.17, 15) is 12.8 Å². The normalized spacial score (nSPS) is 14.2. The summed E-state index contributed by atoms with van der Waals surface area (Å²) < 4.78 is 41.6. The minimum atomic E-state index is -3.85. The Morgan fingerprint density at radius 3 is 2.73 bits per heavy atom. The predicted molar refractivity (Wildman–Crippen MR) is 107 cm³/mol. The number of anilines is 2. The Labute approximate surface area is 172 Å². The molecule has 0 atom stereocenters. The fraction of sp³-hybridized carbons (Fsp3) is 0.353. The van der Waals surface area contributed by atoms with E-state index in [0.717, 1.165) is 37.7 Å². The number of aromatic nitrogens is 6.